The number of halogens is 1. The Balaban J connectivity index is 2.18. The third kappa shape index (κ3) is 4.12. The van der Waals surface area contributed by atoms with Crippen LogP contribution in [0.25, 0.3) is 5.76 Å². The Morgan fingerprint density at radius 3 is 2.21 bits per heavy atom. The number of benzene rings is 1. The minimum absolute atomic E-state index is 0.147. The van der Waals surface area contributed by atoms with Crippen LogP contribution in [-0.4, -0.2) is 60.4 Å². The molecular formula is C23H24FNO8. The lowest BCUT2D eigenvalue weighted by atomic mass is 9.75. The number of carbonyl (C=O) groups is 5. The Bertz CT molecular complexity index is 1040. The molecule has 9 nitrogen and oxygen atoms in total. The van der Waals surface area contributed by atoms with E-state index in [1.807, 2.05) is 0 Å². The maximum atomic E-state index is 16.5. The molecule has 3 rings (SSSR count). The van der Waals surface area contributed by atoms with Gasteiger partial charge < -0.3 is 19.9 Å². The molecule has 1 aromatic carbocycles. The number of methoxy groups -OCH3 is 2. The summed E-state index contributed by atoms with van der Waals surface area (Å²) in [6, 6.07) is 4.99. The van der Waals surface area contributed by atoms with Crippen LogP contribution < -0.4 is 5.32 Å². The number of aliphatic hydroxyl groups excluding tert-OH is 1. The quantitative estimate of drug-likeness (QED) is 0.372. The molecule has 2 atom stereocenters. The fourth-order valence-corrected chi connectivity index (χ4v) is 4.28. The van der Waals surface area contributed by atoms with Crippen LogP contribution >= 0.6 is 0 Å². The van der Waals surface area contributed by atoms with Crippen molar-refractivity contribution in [1.29, 1.82) is 0 Å². The number of Topliss-reactive ketones (excluding diaryl/α,β-unsaturated/α-hetero) is 2. The van der Waals surface area contributed by atoms with E-state index in [1.54, 1.807) is 0 Å². The van der Waals surface area contributed by atoms with Crippen LogP contribution in [0.4, 0.5) is 4.39 Å². The number of nitrogens with one attached hydrogen (secondary N) is 1. The molecule has 0 bridgehead atoms. The molecular weight excluding hydrogens is 437 g/mol. The monoisotopic (exact) mass is 461 g/mol. The number of esters is 2. The van der Waals surface area contributed by atoms with E-state index in [-0.39, 0.29) is 11.1 Å². The molecule has 1 amide bonds. The highest BCUT2D eigenvalue weighted by Gasteiger charge is 2.62. The van der Waals surface area contributed by atoms with Gasteiger partial charge in [0, 0.05) is 17.2 Å². The summed E-state index contributed by atoms with van der Waals surface area (Å²) >= 11 is 0. The molecule has 33 heavy (non-hydrogen) atoms. The number of hydrogen-bond acceptors (Lipinski definition) is 8. The molecule has 1 aromatic rings. The Hall–Kier alpha value is -3.56. The minimum atomic E-state index is -3.79. The fraction of sp³-hybridized carbons (Fsp3) is 0.435. The van der Waals surface area contributed by atoms with E-state index in [9.17, 15) is 29.1 Å². The zero-order valence-electron chi connectivity index (χ0n) is 18.2. The summed E-state index contributed by atoms with van der Waals surface area (Å²) in [7, 11) is 1.66. The lowest BCUT2D eigenvalue weighted by molar-refractivity contribution is -0.172. The summed E-state index contributed by atoms with van der Waals surface area (Å²) in [6.07, 6.45) is 3.55. The topological polar surface area (TPSA) is 136 Å². The first-order chi connectivity index (χ1) is 15.7. The molecule has 0 radical (unpaired) electrons. The number of amides is 1. The zero-order valence-corrected chi connectivity index (χ0v) is 18.2. The molecule has 0 spiro atoms. The third-order valence-corrected chi connectivity index (χ3v) is 6.01. The van der Waals surface area contributed by atoms with Crippen molar-refractivity contribution in [3.63, 3.8) is 0 Å². The van der Waals surface area contributed by atoms with Crippen molar-refractivity contribution < 1.29 is 42.9 Å². The molecule has 2 aliphatic carbocycles. The highest BCUT2D eigenvalue weighted by molar-refractivity contribution is 6.53. The van der Waals surface area contributed by atoms with Crippen LogP contribution in [-0.2, 0) is 28.7 Å². The molecule has 0 heterocycles. The Kier molecular flexibility index (Phi) is 6.95. The van der Waals surface area contributed by atoms with Gasteiger partial charge in [-0.05, 0) is 12.8 Å². The summed E-state index contributed by atoms with van der Waals surface area (Å²) < 4.78 is 25.5. The number of fused-ring (bicyclic) bond motifs is 1. The number of rotatable bonds is 6. The van der Waals surface area contributed by atoms with Gasteiger partial charge in [0.15, 0.2) is 0 Å². The molecule has 2 aliphatic rings. The van der Waals surface area contributed by atoms with Crippen LogP contribution in [0.2, 0.25) is 0 Å². The normalized spacial score (nSPS) is 19.2. The highest BCUT2D eigenvalue weighted by Crippen LogP contribution is 2.39. The van der Waals surface area contributed by atoms with Gasteiger partial charge in [-0.2, -0.15) is 0 Å². The van der Waals surface area contributed by atoms with Gasteiger partial charge in [-0.15, -0.1) is 0 Å². The largest absolute Gasteiger partial charge is 0.507 e. The lowest BCUT2D eigenvalue weighted by Gasteiger charge is -2.33. The number of ketones is 2. The van der Waals surface area contributed by atoms with E-state index >= 15 is 4.39 Å². The molecule has 176 valence electrons. The van der Waals surface area contributed by atoms with E-state index in [4.69, 9.17) is 0 Å². The predicted molar refractivity (Wildman–Crippen MR) is 112 cm³/mol. The van der Waals surface area contributed by atoms with Gasteiger partial charge in [0.1, 0.15) is 11.7 Å². The molecule has 1 unspecified atom stereocenters. The molecule has 0 saturated heterocycles. The van der Waals surface area contributed by atoms with Crippen LogP contribution in [0.1, 0.15) is 48.0 Å². The second-order valence-corrected chi connectivity index (χ2v) is 7.93. The number of aliphatic hydroxyl groups is 1. The minimum Gasteiger partial charge on any atom is -0.507 e. The number of hydrogen-bond donors (Lipinski definition) is 2. The van der Waals surface area contributed by atoms with E-state index in [0.717, 1.165) is 33.5 Å². The molecule has 0 aromatic heterocycles. The molecule has 1 saturated carbocycles. The van der Waals surface area contributed by atoms with Crippen molar-refractivity contribution >= 4 is 35.2 Å². The first-order valence-electron chi connectivity index (χ1n) is 10.5. The average Bonchev–Trinajstić information content (AvgIpc) is 2.84. The zero-order chi connectivity index (χ0) is 24.3. The predicted octanol–water partition coefficient (Wildman–Crippen LogP) is 1.84. The molecule has 10 heteroatoms. The summed E-state index contributed by atoms with van der Waals surface area (Å²) in [4.78, 5) is 64.0. The van der Waals surface area contributed by atoms with Crippen LogP contribution in [0.5, 0.6) is 0 Å². The van der Waals surface area contributed by atoms with Gasteiger partial charge in [0.05, 0.1) is 19.8 Å². The Labute approximate surface area is 188 Å². The first kappa shape index (κ1) is 24.1. The maximum Gasteiger partial charge on any atom is 0.354 e. The van der Waals surface area contributed by atoms with E-state index in [1.165, 1.54) is 24.3 Å². The van der Waals surface area contributed by atoms with Crippen LogP contribution in [0.15, 0.2) is 29.8 Å². The summed E-state index contributed by atoms with van der Waals surface area (Å²) in [5, 5.41) is 13.2. The second kappa shape index (κ2) is 9.51. The van der Waals surface area contributed by atoms with Gasteiger partial charge >= 0.3 is 17.6 Å². The van der Waals surface area contributed by atoms with Gasteiger partial charge in [0.25, 0.3) is 5.91 Å². The maximum absolute atomic E-state index is 16.5. The van der Waals surface area contributed by atoms with E-state index < -0.39 is 58.4 Å². The summed E-state index contributed by atoms with van der Waals surface area (Å²) in [6.45, 7) is 0. The number of ether oxygens (including phenoxy) is 2. The summed E-state index contributed by atoms with van der Waals surface area (Å²) in [5.74, 6) is -10.8. The van der Waals surface area contributed by atoms with Crippen molar-refractivity contribution in [3.05, 3.63) is 41.0 Å². The van der Waals surface area contributed by atoms with Crippen molar-refractivity contribution in [2.24, 2.45) is 5.92 Å². The summed E-state index contributed by atoms with van der Waals surface area (Å²) in [5.41, 5.74) is -5.14. The van der Waals surface area contributed by atoms with E-state index in [0.29, 0.717) is 12.8 Å². The van der Waals surface area contributed by atoms with Crippen LogP contribution in [0, 0.1) is 5.92 Å². The van der Waals surface area contributed by atoms with E-state index in [2.05, 4.69) is 14.8 Å². The van der Waals surface area contributed by atoms with Gasteiger partial charge in [-0.25, -0.2) is 9.18 Å². The van der Waals surface area contributed by atoms with Crippen molar-refractivity contribution in [3.8, 4) is 0 Å². The molecule has 1 fully saturated rings. The Morgan fingerprint density at radius 2 is 1.64 bits per heavy atom. The standard InChI is InChI=1S/C23H24FNO8/c1-32-20(29)16(15-17(26)13-10-6-7-11-14(13)18(27)19(15)28)23(24,22(31)33-2)21(30)25-12-8-4-3-5-9-12/h6-7,10-12,16,26H,3-5,8-9H2,1-2H3,(H,25,30)/t16-,23?/m1/s1. The van der Waals surface area contributed by atoms with Gasteiger partial charge in [-0.3, -0.25) is 19.2 Å². The SMILES string of the molecule is COC(=O)[C@@H](C1=C(O)c2ccccc2C(=O)C1=O)C(F)(C(=O)NC1CCCCC1)C(=O)OC. The van der Waals surface area contributed by atoms with Crippen LogP contribution in [0.3, 0.4) is 0 Å². The fourth-order valence-electron chi connectivity index (χ4n) is 4.28. The van der Waals surface area contributed by atoms with Crippen molar-refractivity contribution in [2.75, 3.05) is 14.2 Å². The van der Waals surface area contributed by atoms with Crippen molar-refractivity contribution in [1.82, 2.24) is 5.32 Å². The molecule has 0 aliphatic heterocycles. The average molecular weight is 461 g/mol. The third-order valence-electron chi connectivity index (χ3n) is 6.01. The Morgan fingerprint density at radius 1 is 1.03 bits per heavy atom. The van der Waals surface area contributed by atoms with Gasteiger partial charge in [-0.1, -0.05) is 43.5 Å². The first-order valence-corrected chi connectivity index (χ1v) is 10.5. The lowest BCUT2D eigenvalue weighted by Crippen LogP contribution is -2.60. The molecule has 2 N–H and O–H groups in total. The second-order valence-electron chi connectivity index (χ2n) is 7.93. The smallest absolute Gasteiger partial charge is 0.354 e. The number of carbonyl (C=O) groups excluding carboxylic acids is 5. The highest BCUT2D eigenvalue weighted by atomic mass is 19.1. The number of alkyl halides is 1. The van der Waals surface area contributed by atoms with Crippen molar-refractivity contribution in [2.45, 2.75) is 43.8 Å². The van der Waals surface area contributed by atoms with Gasteiger partial charge in [0.2, 0.25) is 11.6 Å².